The van der Waals surface area contributed by atoms with E-state index < -0.39 is 0 Å². The Kier molecular flexibility index (Phi) is 3.91. The lowest BCUT2D eigenvalue weighted by Crippen LogP contribution is -1.98. The fraction of sp³-hybridized carbons (Fsp3) is 0.0833. The van der Waals surface area contributed by atoms with E-state index in [0.29, 0.717) is 0 Å². The van der Waals surface area contributed by atoms with E-state index >= 15 is 0 Å². The zero-order valence-corrected chi connectivity index (χ0v) is 18.2. The number of nitrogens with zero attached hydrogens (tertiary/aromatic N) is 4. The van der Waals surface area contributed by atoms with Crippen molar-refractivity contribution < 1.29 is 0 Å². The molecule has 6 heteroatoms. The summed E-state index contributed by atoms with van der Waals surface area (Å²) in [5.41, 5.74) is 1.97. The van der Waals surface area contributed by atoms with Crippen molar-refractivity contribution in [1.82, 2.24) is 19.1 Å². The first-order chi connectivity index (χ1) is 14.7. The summed E-state index contributed by atoms with van der Waals surface area (Å²) in [5.74, 6) is 1.75. The summed E-state index contributed by atoms with van der Waals surface area (Å²) in [6.45, 7) is 0. The van der Waals surface area contributed by atoms with E-state index in [1.807, 2.05) is 14.1 Å². The maximum atomic E-state index is 4.95. The summed E-state index contributed by atoms with van der Waals surface area (Å²) in [5, 5.41) is 2.52. The van der Waals surface area contributed by atoms with E-state index in [9.17, 15) is 0 Å². The van der Waals surface area contributed by atoms with Gasteiger partial charge in [0.1, 0.15) is 0 Å². The van der Waals surface area contributed by atoms with Gasteiger partial charge in [-0.05, 0) is 35.0 Å². The number of rotatable bonds is 3. The third kappa shape index (κ3) is 2.80. The third-order valence-corrected chi connectivity index (χ3v) is 7.59. The first-order valence-electron chi connectivity index (χ1n) is 9.71. The Balaban J connectivity index is 1.42. The van der Waals surface area contributed by atoms with Crippen LogP contribution in [0.5, 0.6) is 0 Å². The Labute approximate surface area is 181 Å². The number of benzene rings is 2. The highest BCUT2D eigenvalue weighted by Crippen LogP contribution is 2.36. The summed E-state index contributed by atoms with van der Waals surface area (Å²) in [7, 11) is 4.07. The highest BCUT2D eigenvalue weighted by Gasteiger charge is 2.18. The molecule has 4 heterocycles. The molecule has 146 valence electrons. The molecule has 0 N–H and O–H groups in total. The second-order valence-electron chi connectivity index (χ2n) is 7.42. The molecule has 0 radical (unpaired) electrons. The lowest BCUT2D eigenvalue weighted by molar-refractivity contribution is 0.860. The summed E-state index contributed by atoms with van der Waals surface area (Å²) in [4.78, 5) is 12.3. The Hall–Kier alpha value is -3.22. The number of hydrogen-bond donors (Lipinski definition) is 0. The zero-order valence-electron chi connectivity index (χ0n) is 16.5. The second kappa shape index (κ2) is 6.65. The van der Waals surface area contributed by atoms with Crippen LogP contribution in [0.25, 0.3) is 53.0 Å². The lowest BCUT2D eigenvalue weighted by atomic mass is 10.2. The Morgan fingerprint density at radius 1 is 0.633 bits per heavy atom. The predicted molar refractivity (Wildman–Crippen MR) is 127 cm³/mol. The van der Waals surface area contributed by atoms with E-state index in [4.69, 9.17) is 9.97 Å². The van der Waals surface area contributed by atoms with Crippen LogP contribution in [-0.4, -0.2) is 19.1 Å². The quantitative estimate of drug-likeness (QED) is 0.320. The van der Waals surface area contributed by atoms with Crippen molar-refractivity contribution in [1.29, 1.82) is 0 Å². The largest absolute Gasteiger partial charge is 0.331 e. The minimum absolute atomic E-state index is 0.873. The molecular formula is C24H18N4S2. The fourth-order valence-electron chi connectivity index (χ4n) is 3.80. The average Bonchev–Trinajstić information content (AvgIpc) is 3.51. The van der Waals surface area contributed by atoms with Crippen LogP contribution in [0.2, 0.25) is 0 Å². The number of aromatic nitrogens is 4. The Morgan fingerprint density at radius 2 is 1.07 bits per heavy atom. The van der Waals surface area contributed by atoms with Gasteiger partial charge in [0.2, 0.25) is 0 Å². The molecule has 2 aromatic carbocycles. The molecule has 0 aliphatic heterocycles. The van der Waals surface area contributed by atoms with Crippen molar-refractivity contribution in [2.24, 2.45) is 14.1 Å². The topological polar surface area (TPSA) is 35.6 Å². The summed E-state index contributed by atoms with van der Waals surface area (Å²) < 4.78 is 6.69. The summed E-state index contributed by atoms with van der Waals surface area (Å²) in [6.07, 6.45) is 4.18. The van der Waals surface area contributed by atoms with Crippen molar-refractivity contribution in [3.05, 3.63) is 73.1 Å². The number of aryl methyl sites for hydroxylation is 2. The van der Waals surface area contributed by atoms with Crippen molar-refractivity contribution in [3.8, 4) is 32.8 Å². The van der Waals surface area contributed by atoms with Gasteiger partial charge >= 0.3 is 0 Å². The smallest absolute Gasteiger partial charge is 0.176 e. The number of imidazole rings is 2. The molecule has 0 saturated heterocycles. The van der Waals surface area contributed by atoms with Gasteiger partial charge in [0.25, 0.3) is 0 Å². The van der Waals surface area contributed by atoms with Gasteiger partial charge in [-0.15, -0.1) is 22.7 Å². The highest BCUT2D eigenvalue weighted by atomic mass is 32.1. The first kappa shape index (κ1) is 17.6. The standard InChI is InChI=1S/C24H18N4S2/c1-27-13-17(21-11-15-7-3-5-9-19(15)29-21)25-23(27)24-26-18(14-28(24)2)22-12-16-8-4-6-10-20(16)30-22/h3-14H,1-2H3. The molecule has 30 heavy (non-hydrogen) atoms. The van der Waals surface area contributed by atoms with Gasteiger partial charge in [-0.2, -0.15) is 0 Å². The SMILES string of the molecule is Cn1cc(-c2cc3ccccc3s2)nc1-c1nc(-c2cc3ccccc3s2)cn1C. The van der Waals surface area contributed by atoms with Gasteiger partial charge in [-0.25, -0.2) is 9.97 Å². The molecule has 0 aliphatic rings. The molecule has 6 aromatic rings. The van der Waals surface area contributed by atoms with Crippen LogP contribution in [-0.2, 0) is 14.1 Å². The molecule has 0 unspecified atom stereocenters. The van der Waals surface area contributed by atoms with Gasteiger partial charge in [-0.3, -0.25) is 0 Å². The van der Waals surface area contributed by atoms with Crippen LogP contribution >= 0.6 is 22.7 Å². The van der Waals surface area contributed by atoms with Gasteiger partial charge in [0.15, 0.2) is 11.6 Å². The van der Waals surface area contributed by atoms with Crippen LogP contribution in [0, 0.1) is 0 Å². The minimum atomic E-state index is 0.873. The molecule has 6 rings (SSSR count). The monoisotopic (exact) mass is 426 g/mol. The molecule has 0 fully saturated rings. The maximum Gasteiger partial charge on any atom is 0.176 e. The van der Waals surface area contributed by atoms with E-state index in [2.05, 4.69) is 82.2 Å². The Bertz CT molecular complexity index is 1350. The molecule has 4 nitrogen and oxygen atoms in total. The van der Waals surface area contributed by atoms with E-state index in [1.54, 1.807) is 22.7 Å². The predicted octanol–water partition coefficient (Wildman–Crippen LogP) is 6.58. The normalized spacial score (nSPS) is 11.7. The van der Waals surface area contributed by atoms with Gasteiger partial charge in [0.05, 0.1) is 21.1 Å². The fourth-order valence-corrected chi connectivity index (χ4v) is 5.84. The molecule has 0 bridgehead atoms. The first-order valence-corrected chi connectivity index (χ1v) is 11.3. The van der Waals surface area contributed by atoms with Crippen molar-refractivity contribution in [2.75, 3.05) is 0 Å². The lowest BCUT2D eigenvalue weighted by Gasteiger charge is -2.00. The number of thiophene rings is 2. The van der Waals surface area contributed by atoms with E-state index in [1.165, 1.54) is 29.9 Å². The molecule has 0 saturated carbocycles. The minimum Gasteiger partial charge on any atom is -0.331 e. The molecule has 0 spiro atoms. The molecule has 0 atom stereocenters. The third-order valence-electron chi connectivity index (χ3n) is 5.31. The molecule has 0 aliphatic carbocycles. The van der Waals surface area contributed by atoms with Crippen LogP contribution < -0.4 is 0 Å². The second-order valence-corrected chi connectivity index (χ2v) is 9.59. The van der Waals surface area contributed by atoms with Crippen LogP contribution in [0.15, 0.2) is 73.1 Å². The zero-order chi connectivity index (χ0) is 20.2. The number of hydrogen-bond acceptors (Lipinski definition) is 4. The maximum absolute atomic E-state index is 4.95. The van der Waals surface area contributed by atoms with Gasteiger partial charge in [-0.1, -0.05) is 36.4 Å². The molecular weight excluding hydrogens is 408 g/mol. The number of fused-ring (bicyclic) bond motifs is 2. The average molecular weight is 427 g/mol. The van der Waals surface area contributed by atoms with Crippen molar-refractivity contribution >= 4 is 42.8 Å². The van der Waals surface area contributed by atoms with E-state index in [0.717, 1.165) is 23.0 Å². The summed E-state index contributed by atoms with van der Waals surface area (Å²) in [6, 6.07) is 21.3. The van der Waals surface area contributed by atoms with Gasteiger partial charge in [0, 0.05) is 35.9 Å². The van der Waals surface area contributed by atoms with Crippen LogP contribution in [0.3, 0.4) is 0 Å². The van der Waals surface area contributed by atoms with Gasteiger partial charge < -0.3 is 9.13 Å². The Morgan fingerprint density at radius 3 is 1.50 bits per heavy atom. The molecule has 4 aromatic heterocycles. The van der Waals surface area contributed by atoms with Crippen LogP contribution in [0.4, 0.5) is 0 Å². The van der Waals surface area contributed by atoms with Crippen LogP contribution in [0.1, 0.15) is 0 Å². The highest BCUT2D eigenvalue weighted by molar-refractivity contribution is 7.22. The van der Waals surface area contributed by atoms with Crippen molar-refractivity contribution in [2.45, 2.75) is 0 Å². The molecule has 0 amide bonds. The van der Waals surface area contributed by atoms with E-state index in [-0.39, 0.29) is 0 Å². The summed E-state index contributed by atoms with van der Waals surface area (Å²) >= 11 is 3.55. The van der Waals surface area contributed by atoms with Crippen molar-refractivity contribution in [3.63, 3.8) is 0 Å².